The van der Waals surface area contributed by atoms with Gasteiger partial charge >= 0.3 is 18.0 Å². The van der Waals surface area contributed by atoms with Crippen molar-refractivity contribution in [1.29, 1.82) is 0 Å². The third kappa shape index (κ3) is 3.40. The molecule has 1 N–H and O–H groups in total. The molecule has 0 radical (unpaired) electrons. The minimum Gasteiger partial charge on any atom is -0.480 e. The Labute approximate surface area is 117 Å². The van der Waals surface area contributed by atoms with Gasteiger partial charge in [0.05, 0.1) is 13.0 Å². The maximum absolute atomic E-state index is 12.4. The van der Waals surface area contributed by atoms with E-state index in [2.05, 4.69) is 0 Å². The molecule has 0 spiro atoms. The summed E-state index contributed by atoms with van der Waals surface area (Å²) in [7, 11) is 1.34. The second-order valence-electron chi connectivity index (χ2n) is 5.34. The Bertz CT molecular complexity index is 408. The van der Waals surface area contributed by atoms with Crippen LogP contribution in [0.5, 0.6) is 0 Å². The number of piperidine rings is 1. The SMILES string of the molecule is COC(=O)C1CCCN(C(=O)N(CC(=O)O)C2CC2)C1. The van der Waals surface area contributed by atoms with Crippen molar-refractivity contribution >= 4 is 18.0 Å². The second kappa shape index (κ2) is 6.11. The van der Waals surface area contributed by atoms with Gasteiger partial charge in [-0.3, -0.25) is 9.59 Å². The van der Waals surface area contributed by atoms with E-state index in [4.69, 9.17) is 9.84 Å². The number of hydrogen-bond donors (Lipinski definition) is 1. The lowest BCUT2D eigenvalue weighted by Gasteiger charge is -2.35. The van der Waals surface area contributed by atoms with Crippen LogP contribution in [0.25, 0.3) is 0 Å². The van der Waals surface area contributed by atoms with Gasteiger partial charge in [-0.15, -0.1) is 0 Å². The zero-order chi connectivity index (χ0) is 14.7. The molecular weight excluding hydrogens is 264 g/mol. The standard InChI is InChI=1S/C13H20N2O5/c1-20-12(18)9-3-2-6-14(7-9)13(19)15(8-11(16)17)10-4-5-10/h9-10H,2-8H2,1H3,(H,16,17). The van der Waals surface area contributed by atoms with Crippen LogP contribution in [0.2, 0.25) is 0 Å². The molecule has 0 bridgehead atoms. The molecule has 2 aliphatic rings. The Kier molecular flexibility index (Phi) is 4.46. The van der Waals surface area contributed by atoms with E-state index in [1.807, 2.05) is 0 Å². The Morgan fingerprint density at radius 2 is 2.00 bits per heavy atom. The molecule has 1 saturated heterocycles. The minimum atomic E-state index is -1.01. The lowest BCUT2D eigenvalue weighted by molar-refractivity contribution is -0.147. The maximum atomic E-state index is 12.4. The van der Waals surface area contributed by atoms with Crippen molar-refractivity contribution < 1.29 is 24.2 Å². The average Bonchev–Trinajstić information content (AvgIpc) is 3.27. The summed E-state index contributed by atoms with van der Waals surface area (Å²) in [5.41, 5.74) is 0. The molecule has 1 saturated carbocycles. The first-order chi connectivity index (χ1) is 9.52. The second-order valence-corrected chi connectivity index (χ2v) is 5.34. The number of carboxylic acids is 1. The highest BCUT2D eigenvalue weighted by molar-refractivity contribution is 5.81. The fourth-order valence-electron chi connectivity index (χ4n) is 2.58. The number of urea groups is 1. The van der Waals surface area contributed by atoms with Crippen molar-refractivity contribution in [2.45, 2.75) is 31.7 Å². The van der Waals surface area contributed by atoms with Crippen LogP contribution in [-0.4, -0.2) is 65.7 Å². The van der Waals surface area contributed by atoms with E-state index in [9.17, 15) is 14.4 Å². The third-order valence-corrected chi connectivity index (χ3v) is 3.77. The topological polar surface area (TPSA) is 87.2 Å². The van der Waals surface area contributed by atoms with Crippen LogP contribution >= 0.6 is 0 Å². The number of carboxylic acid groups (broad SMARTS) is 1. The summed E-state index contributed by atoms with van der Waals surface area (Å²) >= 11 is 0. The van der Waals surface area contributed by atoms with E-state index in [1.165, 1.54) is 12.0 Å². The molecule has 1 aliphatic carbocycles. The summed E-state index contributed by atoms with van der Waals surface area (Å²) in [5, 5.41) is 8.90. The molecular formula is C13H20N2O5. The lowest BCUT2D eigenvalue weighted by atomic mass is 9.98. The average molecular weight is 284 g/mol. The van der Waals surface area contributed by atoms with Crippen LogP contribution in [-0.2, 0) is 14.3 Å². The maximum Gasteiger partial charge on any atom is 0.323 e. The number of nitrogens with zero attached hydrogens (tertiary/aromatic N) is 2. The number of esters is 1. The zero-order valence-corrected chi connectivity index (χ0v) is 11.6. The number of ether oxygens (including phenoxy) is 1. The molecule has 7 heteroatoms. The molecule has 2 amide bonds. The first-order valence-corrected chi connectivity index (χ1v) is 6.88. The van der Waals surface area contributed by atoms with Crippen molar-refractivity contribution in [2.24, 2.45) is 5.92 Å². The molecule has 0 aromatic heterocycles. The summed E-state index contributed by atoms with van der Waals surface area (Å²) in [6.45, 7) is 0.604. The third-order valence-electron chi connectivity index (χ3n) is 3.77. The monoisotopic (exact) mass is 284 g/mol. The van der Waals surface area contributed by atoms with Crippen LogP contribution in [0.15, 0.2) is 0 Å². The summed E-state index contributed by atoms with van der Waals surface area (Å²) in [4.78, 5) is 37.8. The van der Waals surface area contributed by atoms with E-state index in [1.54, 1.807) is 4.90 Å². The van der Waals surface area contributed by atoms with Gasteiger partial charge in [-0.25, -0.2) is 4.79 Å². The van der Waals surface area contributed by atoms with E-state index in [-0.39, 0.29) is 30.5 Å². The quantitative estimate of drug-likeness (QED) is 0.761. The number of likely N-dealkylation sites (tertiary alicyclic amines) is 1. The number of aliphatic carboxylic acids is 1. The van der Waals surface area contributed by atoms with Crippen molar-refractivity contribution in [3.05, 3.63) is 0 Å². The molecule has 20 heavy (non-hydrogen) atoms. The predicted molar refractivity (Wildman–Crippen MR) is 69.1 cm³/mol. The number of rotatable bonds is 4. The van der Waals surface area contributed by atoms with Gasteiger partial charge in [0.15, 0.2) is 0 Å². The van der Waals surface area contributed by atoms with E-state index in [0.29, 0.717) is 19.5 Å². The molecule has 1 aliphatic heterocycles. The minimum absolute atomic E-state index is 0.0390. The summed E-state index contributed by atoms with van der Waals surface area (Å²) in [6, 6.07) is -0.236. The summed E-state index contributed by atoms with van der Waals surface area (Å²) in [5.74, 6) is -1.62. The van der Waals surface area contributed by atoms with Crippen LogP contribution in [0.3, 0.4) is 0 Å². The van der Waals surface area contributed by atoms with Gasteiger partial charge in [-0.05, 0) is 25.7 Å². The molecule has 1 heterocycles. The van der Waals surface area contributed by atoms with Crippen LogP contribution in [0.4, 0.5) is 4.79 Å². The summed E-state index contributed by atoms with van der Waals surface area (Å²) < 4.78 is 4.72. The zero-order valence-electron chi connectivity index (χ0n) is 11.6. The fourth-order valence-corrected chi connectivity index (χ4v) is 2.58. The Morgan fingerprint density at radius 1 is 1.30 bits per heavy atom. The molecule has 2 fully saturated rings. The Balaban J connectivity index is 1.99. The van der Waals surface area contributed by atoms with Crippen LogP contribution in [0.1, 0.15) is 25.7 Å². The highest BCUT2D eigenvalue weighted by atomic mass is 16.5. The van der Waals surface area contributed by atoms with Crippen LogP contribution in [0, 0.1) is 5.92 Å². The van der Waals surface area contributed by atoms with Gasteiger partial charge in [0.25, 0.3) is 0 Å². The molecule has 7 nitrogen and oxygen atoms in total. The Hall–Kier alpha value is -1.79. The molecule has 1 atom stereocenters. The molecule has 1 unspecified atom stereocenters. The van der Waals surface area contributed by atoms with Gasteiger partial charge in [-0.2, -0.15) is 0 Å². The molecule has 112 valence electrons. The molecule has 0 aromatic rings. The van der Waals surface area contributed by atoms with Gasteiger partial charge in [0, 0.05) is 19.1 Å². The highest BCUT2D eigenvalue weighted by Gasteiger charge is 2.38. The van der Waals surface area contributed by atoms with Gasteiger partial charge in [0.1, 0.15) is 6.54 Å². The lowest BCUT2D eigenvalue weighted by Crippen LogP contribution is -2.50. The fraction of sp³-hybridized carbons (Fsp3) is 0.769. The van der Waals surface area contributed by atoms with E-state index < -0.39 is 5.97 Å². The molecule has 2 rings (SSSR count). The number of methoxy groups -OCH3 is 1. The Morgan fingerprint density at radius 3 is 2.55 bits per heavy atom. The van der Waals surface area contributed by atoms with Crippen molar-refractivity contribution in [3.8, 4) is 0 Å². The van der Waals surface area contributed by atoms with Gasteiger partial charge in [0.2, 0.25) is 0 Å². The normalized spacial score (nSPS) is 22.2. The number of carbonyl (C=O) groups excluding carboxylic acids is 2. The number of amides is 2. The van der Waals surface area contributed by atoms with Gasteiger partial charge in [-0.1, -0.05) is 0 Å². The highest BCUT2D eigenvalue weighted by Crippen LogP contribution is 2.29. The number of hydrogen-bond acceptors (Lipinski definition) is 4. The summed E-state index contributed by atoms with van der Waals surface area (Å²) in [6.07, 6.45) is 3.15. The predicted octanol–water partition coefficient (Wildman–Crippen LogP) is 0.540. The van der Waals surface area contributed by atoms with Crippen molar-refractivity contribution in [3.63, 3.8) is 0 Å². The first-order valence-electron chi connectivity index (χ1n) is 6.88. The first kappa shape index (κ1) is 14.6. The van der Waals surface area contributed by atoms with E-state index in [0.717, 1.165) is 19.3 Å². The van der Waals surface area contributed by atoms with Crippen molar-refractivity contribution in [2.75, 3.05) is 26.7 Å². The number of carbonyl (C=O) groups is 3. The molecule has 0 aromatic carbocycles. The van der Waals surface area contributed by atoms with Crippen molar-refractivity contribution in [1.82, 2.24) is 9.80 Å². The van der Waals surface area contributed by atoms with E-state index >= 15 is 0 Å². The largest absolute Gasteiger partial charge is 0.480 e. The van der Waals surface area contributed by atoms with Crippen LogP contribution < -0.4 is 0 Å². The van der Waals surface area contributed by atoms with Gasteiger partial charge < -0.3 is 19.6 Å². The smallest absolute Gasteiger partial charge is 0.323 e.